The number of nitrogen functional groups attached to an aromatic ring is 1. The van der Waals surface area contributed by atoms with Crippen LogP contribution in [0.5, 0.6) is 0 Å². The number of rotatable bonds is 4. The van der Waals surface area contributed by atoms with Gasteiger partial charge in [0.1, 0.15) is 9.90 Å². The van der Waals surface area contributed by atoms with Crippen LogP contribution in [0.15, 0.2) is 15.8 Å². The summed E-state index contributed by atoms with van der Waals surface area (Å²) >= 11 is 2.58. The Kier molecular flexibility index (Phi) is 3.55. The van der Waals surface area contributed by atoms with Gasteiger partial charge >= 0.3 is 0 Å². The Balaban J connectivity index is 2.34. The van der Waals surface area contributed by atoms with E-state index in [0.717, 1.165) is 23.5 Å². The third-order valence-electron chi connectivity index (χ3n) is 2.26. The van der Waals surface area contributed by atoms with Crippen molar-refractivity contribution in [3.05, 3.63) is 16.6 Å². The molecule has 9 heteroatoms. The van der Waals surface area contributed by atoms with Gasteiger partial charge in [0.05, 0.1) is 17.7 Å². The Hall–Kier alpha value is -1.19. The van der Waals surface area contributed by atoms with Crippen LogP contribution in [0.25, 0.3) is 0 Å². The van der Waals surface area contributed by atoms with Gasteiger partial charge in [-0.25, -0.2) is 13.4 Å². The summed E-state index contributed by atoms with van der Waals surface area (Å²) in [5.74, 6) is 0.0580. The maximum Gasteiger partial charge on any atom is 0.182 e. The predicted octanol–water partition coefficient (Wildman–Crippen LogP) is 1.22. The minimum Gasteiger partial charge on any atom is -0.382 e. The first kappa shape index (κ1) is 13.2. The molecule has 0 spiro atoms. The second-order valence-corrected chi connectivity index (χ2v) is 7.23. The molecular formula is C9H12N4O2S3. The Labute approximate surface area is 113 Å². The summed E-state index contributed by atoms with van der Waals surface area (Å²) in [6.45, 7) is 0.521. The summed E-state index contributed by atoms with van der Waals surface area (Å²) in [5.41, 5.74) is 8.24. The summed E-state index contributed by atoms with van der Waals surface area (Å²) in [6, 6.07) is 0. The van der Waals surface area contributed by atoms with Crippen LogP contribution < -0.4 is 10.6 Å². The zero-order valence-electron chi connectivity index (χ0n) is 9.82. The van der Waals surface area contributed by atoms with Gasteiger partial charge in [-0.05, 0) is 11.5 Å². The topological polar surface area (TPSA) is 89.2 Å². The molecule has 98 valence electrons. The van der Waals surface area contributed by atoms with Gasteiger partial charge in [-0.1, -0.05) is 0 Å². The molecule has 0 radical (unpaired) electrons. The van der Waals surface area contributed by atoms with Gasteiger partial charge in [-0.2, -0.15) is 4.37 Å². The number of anilines is 2. The van der Waals surface area contributed by atoms with E-state index in [0.29, 0.717) is 11.5 Å². The first-order valence-electron chi connectivity index (χ1n) is 4.93. The molecule has 0 saturated heterocycles. The second-order valence-electron chi connectivity index (χ2n) is 3.81. The van der Waals surface area contributed by atoms with Crippen molar-refractivity contribution in [2.75, 3.05) is 23.9 Å². The minimum absolute atomic E-state index is 0.0580. The van der Waals surface area contributed by atoms with Gasteiger partial charge in [0, 0.05) is 18.7 Å². The number of sulfone groups is 1. The summed E-state index contributed by atoms with van der Waals surface area (Å²) in [4.78, 5) is 6.05. The van der Waals surface area contributed by atoms with Crippen LogP contribution in [0.4, 0.5) is 10.8 Å². The highest BCUT2D eigenvalue weighted by Gasteiger charge is 2.23. The zero-order valence-corrected chi connectivity index (χ0v) is 12.3. The third kappa shape index (κ3) is 2.62. The molecule has 6 nitrogen and oxygen atoms in total. The molecule has 0 aliphatic heterocycles. The number of hydrogen-bond acceptors (Lipinski definition) is 8. The highest BCUT2D eigenvalue weighted by atomic mass is 32.2. The van der Waals surface area contributed by atoms with E-state index in [4.69, 9.17) is 5.73 Å². The first-order chi connectivity index (χ1) is 8.39. The molecule has 2 rings (SSSR count). The number of nitrogens with zero attached hydrogens (tertiary/aromatic N) is 3. The Bertz CT molecular complexity index is 633. The van der Waals surface area contributed by atoms with Crippen LogP contribution in [0.3, 0.4) is 0 Å². The Morgan fingerprint density at radius 1 is 1.50 bits per heavy atom. The fourth-order valence-corrected chi connectivity index (χ4v) is 4.25. The van der Waals surface area contributed by atoms with Crippen molar-refractivity contribution in [2.45, 2.75) is 11.4 Å². The van der Waals surface area contributed by atoms with Gasteiger partial charge < -0.3 is 10.6 Å². The average molecular weight is 304 g/mol. The van der Waals surface area contributed by atoms with Crippen molar-refractivity contribution < 1.29 is 8.42 Å². The quantitative estimate of drug-likeness (QED) is 0.913. The molecule has 0 aliphatic rings. The van der Waals surface area contributed by atoms with Crippen LogP contribution in [-0.4, -0.2) is 31.1 Å². The maximum atomic E-state index is 11.7. The fraction of sp³-hybridized carbons (Fsp3) is 0.333. The Morgan fingerprint density at radius 3 is 2.78 bits per heavy atom. The molecule has 0 amide bonds. The normalized spacial score (nSPS) is 11.7. The molecule has 2 N–H and O–H groups in total. The van der Waals surface area contributed by atoms with Crippen LogP contribution >= 0.6 is 22.9 Å². The molecule has 0 fully saturated rings. The van der Waals surface area contributed by atoms with Crippen LogP contribution in [0.2, 0.25) is 0 Å². The summed E-state index contributed by atoms with van der Waals surface area (Å²) in [7, 11) is -1.59. The number of nitrogens with two attached hydrogens (primary N) is 1. The van der Waals surface area contributed by atoms with Gasteiger partial charge in [0.15, 0.2) is 15.7 Å². The second kappa shape index (κ2) is 4.82. The van der Waals surface area contributed by atoms with Crippen molar-refractivity contribution in [3.8, 4) is 0 Å². The van der Waals surface area contributed by atoms with E-state index in [1.54, 1.807) is 17.5 Å². The lowest BCUT2D eigenvalue weighted by Crippen LogP contribution is -2.18. The zero-order chi connectivity index (χ0) is 13.3. The SMILES string of the molecule is CN(Cc1cscn1)c1snc(N)c1S(C)(=O)=O. The van der Waals surface area contributed by atoms with Crippen LogP contribution in [0.1, 0.15) is 5.69 Å². The summed E-state index contributed by atoms with van der Waals surface area (Å²) < 4.78 is 27.3. The van der Waals surface area contributed by atoms with E-state index in [1.807, 2.05) is 5.38 Å². The lowest BCUT2D eigenvalue weighted by Gasteiger charge is -2.16. The standard InChI is InChI=1S/C9H12N4O2S3/c1-13(3-6-4-16-5-11-6)9-7(18(2,14)15)8(10)12-17-9/h4-5H,3H2,1-2H3,(H2,10,12). The molecule has 0 saturated carbocycles. The third-order valence-corrected chi connectivity index (χ3v) is 5.14. The fourth-order valence-electron chi connectivity index (χ4n) is 1.51. The van der Waals surface area contributed by atoms with Crippen molar-refractivity contribution in [1.29, 1.82) is 0 Å². The summed E-state index contributed by atoms with van der Waals surface area (Å²) in [6.07, 6.45) is 1.13. The lowest BCUT2D eigenvalue weighted by molar-refractivity contribution is 0.602. The lowest BCUT2D eigenvalue weighted by atomic mass is 10.4. The monoisotopic (exact) mass is 304 g/mol. The predicted molar refractivity (Wildman–Crippen MR) is 73.9 cm³/mol. The van der Waals surface area contributed by atoms with Crippen molar-refractivity contribution >= 4 is 43.5 Å². The molecule has 0 atom stereocenters. The first-order valence-corrected chi connectivity index (χ1v) is 8.53. The molecule has 0 aromatic carbocycles. The van der Waals surface area contributed by atoms with E-state index in [9.17, 15) is 8.42 Å². The van der Waals surface area contributed by atoms with Crippen molar-refractivity contribution in [2.24, 2.45) is 0 Å². The molecular weight excluding hydrogens is 292 g/mol. The van der Waals surface area contributed by atoms with Gasteiger partial charge in [-0.15, -0.1) is 11.3 Å². The van der Waals surface area contributed by atoms with Crippen molar-refractivity contribution in [3.63, 3.8) is 0 Å². The highest BCUT2D eigenvalue weighted by molar-refractivity contribution is 7.91. The minimum atomic E-state index is -3.38. The van der Waals surface area contributed by atoms with Crippen molar-refractivity contribution in [1.82, 2.24) is 9.36 Å². The maximum absolute atomic E-state index is 11.7. The molecule has 2 heterocycles. The number of thiazole rings is 1. The van der Waals surface area contributed by atoms with Gasteiger partial charge in [0.25, 0.3) is 0 Å². The van der Waals surface area contributed by atoms with E-state index in [2.05, 4.69) is 9.36 Å². The smallest absolute Gasteiger partial charge is 0.182 e. The molecule has 2 aromatic heterocycles. The number of hydrogen-bond donors (Lipinski definition) is 1. The molecule has 2 aromatic rings. The average Bonchev–Trinajstić information content (AvgIpc) is 2.85. The van der Waals surface area contributed by atoms with E-state index >= 15 is 0 Å². The number of aromatic nitrogens is 2. The molecule has 0 bridgehead atoms. The van der Waals surface area contributed by atoms with Gasteiger partial charge in [-0.3, -0.25) is 0 Å². The van der Waals surface area contributed by atoms with E-state index < -0.39 is 9.84 Å². The Morgan fingerprint density at radius 2 is 2.22 bits per heavy atom. The largest absolute Gasteiger partial charge is 0.382 e. The van der Waals surface area contributed by atoms with E-state index in [-0.39, 0.29) is 10.7 Å². The summed E-state index contributed by atoms with van der Waals surface area (Å²) in [5, 5.41) is 2.46. The van der Waals surface area contributed by atoms with Crippen LogP contribution in [0, 0.1) is 0 Å². The molecule has 0 aliphatic carbocycles. The molecule has 0 unspecified atom stereocenters. The highest BCUT2D eigenvalue weighted by Crippen LogP contribution is 2.34. The molecule has 18 heavy (non-hydrogen) atoms. The van der Waals surface area contributed by atoms with E-state index in [1.165, 1.54) is 11.3 Å². The van der Waals surface area contributed by atoms with Crippen LogP contribution in [-0.2, 0) is 16.4 Å². The van der Waals surface area contributed by atoms with Gasteiger partial charge in [0.2, 0.25) is 0 Å².